The van der Waals surface area contributed by atoms with E-state index in [2.05, 4.69) is 20.4 Å². The average Bonchev–Trinajstić information content (AvgIpc) is 3.53. The number of aliphatic hydroxyl groups excluding tert-OH is 3. The van der Waals surface area contributed by atoms with Gasteiger partial charge in [-0.05, 0) is 37.3 Å². The number of ether oxygens (including phenoxy) is 1. The molecule has 0 bridgehead atoms. The van der Waals surface area contributed by atoms with E-state index in [1.807, 2.05) is 0 Å². The van der Waals surface area contributed by atoms with Crippen molar-refractivity contribution < 1.29 is 42.0 Å². The van der Waals surface area contributed by atoms with Gasteiger partial charge in [0, 0.05) is 10.6 Å². The summed E-state index contributed by atoms with van der Waals surface area (Å²) in [5.41, 5.74) is -1.58. The number of benzene rings is 2. The summed E-state index contributed by atoms with van der Waals surface area (Å²) < 4.78 is 76.7. The molecular formula is C24H19Cl2F5N6O4. The molecule has 0 saturated carbocycles. The van der Waals surface area contributed by atoms with Crippen molar-refractivity contribution in [3.8, 4) is 16.9 Å². The Labute approximate surface area is 237 Å². The SMILES string of the molecule is Cc1nc([C@@H]2O[C@H](CO)[C@H](O)[C@H](n3cc(-c4cc(F)c(F)c(Cl)c4)nn3)[C@H]2O)n(-c2cc(Cl)ccc2C(F)(F)F)n1. The number of aliphatic hydroxyl groups is 3. The molecule has 2 aromatic carbocycles. The predicted octanol–water partition coefficient (Wildman–Crippen LogP) is 3.83. The predicted molar refractivity (Wildman–Crippen MR) is 132 cm³/mol. The van der Waals surface area contributed by atoms with Gasteiger partial charge in [0.2, 0.25) is 0 Å². The Kier molecular flexibility index (Phi) is 7.78. The fourth-order valence-corrected chi connectivity index (χ4v) is 4.97. The number of hydrogen-bond donors (Lipinski definition) is 3. The first kappa shape index (κ1) is 29.3. The van der Waals surface area contributed by atoms with Gasteiger partial charge in [0.15, 0.2) is 17.5 Å². The topological polar surface area (TPSA) is 131 Å². The second kappa shape index (κ2) is 10.9. The first-order valence-corrected chi connectivity index (χ1v) is 12.6. The number of hydrogen-bond acceptors (Lipinski definition) is 8. The van der Waals surface area contributed by atoms with E-state index in [1.165, 1.54) is 13.1 Å². The molecule has 218 valence electrons. The minimum atomic E-state index is -4.81. The monoisotopic (exact) mass is 620 g/mol. The van der Waals surface area contributed by atoms with Gasteiger partial charge in [-0.3, -0.25) is 0 Å². The van der Waals surface area contributed by atoms with Crippen LogP contribution in [0.1, 0.15) is 29.4 Å². The summed E-state index contributed by atoms with van der Waals surface area (Å²) in [6.45, 7) is 0.638. The van der Waals surface area contributed by atoms with Crippen LogP contribution in [0.15, 0.2) is 36.5 Å². The third kappa shape index (κ3) is 5.40. The lowest BCUT2D eigenvalue weighted by molar-refractivity contribution is -0.210. The molecule has 0 radical (unpaired) electrons. The maximum Gasteiger partial charge on any atom is 0.418 e. The molecule has 1 aliphatic rings. The van der Waals surface area contributed by atoms with Gasteiger partial charge >= 0.3 is 6.18 Å². The summed E-state index contributed by atoms with van der Waals surface area (Å²) in [5.74, 6) is -2.78. The zero-order valence-electron chi connectivity index (χ0n) is 20.6. The number of halogens is 7. The lowest BCUT2D eigenvalue weighted by Gasteiger charge is -2.41. The maximum absolute atomic E-state index is 13.9. The average molecular weight is 621 g/mol. The van der Waals surface area contributed by atoms with E-state index in [-0.39, 0.29) is 27.9 Å². The van der Waals surface area contributed by atoms with Crippen molar-refractivity contribution in [2.45, 2.75) is 43.6 Å². The molecule has 1 saturated heterocycles. The molecule has 4 aromatic rings. The van der Waals surface area contributed by atoms with Crippen LogP contribution in [-0.2, 0) is 10.9 Å². The molecule has 0 unspecified atom stereocenters. The molecule has 17 heteroatoms. The van der Waals surface area contributed by atoms with Gasteiger partial charge in [-0.25, -0.2) is 23.1 Å². The molecule has 1 aliphatic heterocycles. The van der Waals surface area contributed by atoms with Crippen molar-refractivity contribution in [1.82, 2.24) is 29.8 Å². The van der Waals surface area contributed by atoms with Gasteiger partial charge in [-0.1, -0.05) is 28.4 Å². The van der Waals surface area contributed by atoms with Crippen LogP contribution >= 0.6 is 23.2 Å². The third-order valence-electron chi connectivity index (χ3n) is 6.47. The number of rotatable bonds is 5. The van der Waals surface area contributed by atoms with Gasteiger partial charge in [0.25, 0.3) is 0 Å². The molecule has 2 aromatic heterocycles. The van der Waals surface area contributed by atoms with Crippen molar-refractivity contribution in [3.05, 3.63) is 75.4 Å². The van der Waals surface area contributed by atoms with Crippen LogP contribution in [0.3, 0.4) is 0 Å². The second-order valence-electron chi connectivity index (χ2n) is 9.18. The summed E-state index contributed by atoms with van der Waals surface area (Å²) in [4.78, 5) is 4.17. The summed E-state index contributed by atoms with van der Waals surface area (Å²) in [6, 6.07) is 3.35. The Hall–Kier alpha value is -3.21. The van der Waals surface area contributed by atoms with E-state index in [9.17, 15) is 37.3 Å². The first-order chi connectivity index (χ1) is 19.3. The van der Waals surface area contributed by atoms with E-state index in [0.29, 0.717) is 0 Å². The molecule has 0 spiro atoms. The minimum absolute atomic E-state index is 0.0125. The highest BCUT2D eigenvalue weighted by Crippen LogP contribution is 2.41. The smallest absolute Gasteiger partial charge is 0.394 e. The van der Waals surface area contributed by atoms with Crippen molar-refractivity contribution in [2.75, 3.05) is 6.61 Å². The summed E-state index contributed by atoms with van der Waals surface area (Å²) in [7, 11) is 0. The fraction of sp³-hybridized carbons (Fsp3) is 0.333. The number of alkyl halides is 3. The minimum Gasteiger partial charge on any atom is -0.394 e. The van der Waals surface area contributed by atoms with E-state index in [4.69, 9.17) is 27.9 Å². The molecule has 3 heterocycles. The van der Waals surface area contributed by atoms with E-state index in [1.54, 1.807) is 0 Å². The Balaban J connectivity index is 1.58. The van der Waals surface area contributed by atoms with Crippen LogP contribution in [0.4, 0.5) is 22.0 Å². The fourth-order valence-electron chi connectivity index (χ4n) is 4.60. The molecule has 3 N–H and O–H groups in total. The number of aryl methyl sites for hydroxylation is 1. The van der Waals surface area contributed by atoms with Gasteiger partial charge < -0.3 is 20.1 Å². The standard InChI is InChI=1S/C24H19Cl2F5N6O4/c1-9-32-23(37(34-9)16-6-11(25)2-3-12(16)24(29,30)31)22-21(40)19(20(39)17(8-38)41-22)36-7-15(33-35-36)10-4-13(26)18(28)14(27)5-10/h2-7,17,19-22,38-40H,8H2,1H3/t17-,19+,20+,21-,22-/m1/s1. The highest BCUT2D eigenvalue weighted by molar-refractivity contribution is 6.31. The second-order valence-corrected chi connectivity index (χ2v) is 10.0. The molecule has 0 amide bonds. The quantitative estimate of drug-likeness (QED) is 0.227. The molecule has 5 rings (SSSR count). The normalized spacial score (nSPS) is 23.2. The molecule has 5 atom stereocenters. The molecule has 1 fully saturated rings. The maximum atomic E-state index is 13.9. The Morgan fingerprint density at radius 3 is 2.46 bits per heavy atom. The van der Waals surface area contributed by atoms with Crippen LogP contribution in [0.5, 0.6) is 0 Å². The Bertz CT molecular complexity index is 1580. The van der Waals surface area contributed by atoms with Crippen molar-refractivity contribution in [3.63, 3.8) is 0 Å². The molecular weight excluding hydrogens is 602 g/mol. The number of aromatic nitrogens is 6. The Morgan fingerprint density at radius 1 is 1.07 bits per heavy atom. The number of nitrogens with zero attached hydrogens (tertiary/aromatic N) is 6. The highest BCUT2D eigenvalue weighted by atomic mass is 35.5. The zero-order valence-corrected chi connectivity index (χ0v) is 22.1. The summed E-state index contributed by atoms with van der Waals surface area (Å²) >= 11 is 11.7. The van der Waals surface area contributed by atoms with Crippen LogP contribution < -0.4 is 0 Å². The molecule has 0 aliphatic carbocycles. The highest BCUT2D eigenvalue weighted by Gasteiger charge is 2.49. The molecule has 41 heavy (non-hydrogen) atoms. The van der Waals surface area contributed by atoms with Gasteiger partial charge in [0.1, 0.15) is 42.0 Å². The van der Waals surface area contributed by atoms with Crippen LogP contribution in [0.2, 0.25) is 10.0 Å². The van der Waals surface area contributed by atoms with Gasteiger partial charge in [-0.15, -0.1) is 5.10 Å². The van der Waals surface area contributed by atoms with Crippen molar-refractivity contribution >= 4 is 23.2 Å². The molecule has 10 nitrogen and oxygen atoms in total. The van der Waals surface area contributed by atoms with Gasteiger partial charge in [-0.2, -0.15) is 18.3 Å². The van der Waals surface area contributed by atoms with Crippen molar-refractivity contribution in [2.24, 2.45) is 0 Å². The van der Waals surface area contributed by atoms with Crippen LogP contribution in [0.25, 0.3) is 16.9 Å². The summed E-state index contributed by atoms with van der Waals surface area (Å²) in [6.07, 6.45) is -9.88. The largest absolute Gasteiger partial charge is 0.418 e. The summed E-state index contributed by atoms with van der Waals surface area (Å²) in [5, 5.41) is 43.5. The zero-order chi connectivity index (χ0) is 29.8. The van der Waals surface area contributed by atoms with Crippen LogP contribution in [0, 0.1) is 18.6 Å². The van der Waals surface area contributed by atoms with Gasteiger partial charge in [0.05, 0.1) is 29.1 Å². The van der Waals surface area contributed by atoms with E-state index < -0.39 is 71.1 Å². The lowest BCUT2D eigenvalue weighted by Crippen LogP contribution is -2.53. The van der Waals surface area contributed by atoms with E-state index >= 15 is 0 Å². The lowest BCUT2D eigenvalue weighted by atomic mass is 9.92. The van der Waals surface area contributed by atoms with Crippen LogP contribution in [-0.4, -0.2) is 70.0 Å². The third-order valence-corrected chi connectivity index (χ3v) is 6.98. The first-order valence-electron chi connectivity index (χ1n) is 11.8. The van der Waals surface area contributed by atoms with Crippen molar-refractivity contribution in [1.29, 1.82) is 0 Å². The Morgan fingerprint density at radius 2 is 1.80 bits per heavy atom. The van der Waals surface area contributed by atoms with E-state index in [0.717, 1.165) is 39.7 Å².